The quantitative estimate of drug-likeness (QED) is 0.750. The summed E-state index contributed by atoms with van der Waals surface area (Å²) in [7, 11) is 0. The van der Waals surface area contributed by atoms with Gasteiger partial charge in [-0.05, 0) is 49.1 Å². The van der Waals surface area contributed by atoms with E-state index in [4.69, 9.17) is 0 Å². The van der Waals surface area contributed by atoms with Gasteiger partial charge in [-0.1, -0.05) is 37.3 Å². The van der Waals surface area contributed by atoms with Crippen LogP contribution in [0.25, 0.3) is 5.57 Å². The number of benzene rings is 1. The summed E-state index contributed by atoms with van der Waals surface area (Å²) in [5.41, 5.74) is 5.64. The van der Waals surface area contributed by atoms with Crippen molar-refractivity contribution in [2.75, 3.05) is 0 Å². The molecule has 98 valence electrons. The van der Waals surface area contributed by atoms with Gasteiger partial charge < -0.3 is 4.57 Å². The van der Waals surface area contributed by atoms with Gasteiger partial charge in [0.1, 0.15) is 0 Å². The molecule has 1 nitrogen and oxygen atoms in total. The molecule has 0 N–H and O–H groups in total. The number of aromatic nitrogens is 1. The third kappa shape index (κ3) is 1.76. The van der Waals surface area contributed by atoms with Gasteiger partial charge in [0.25, 0.3) is 0 Å². The Morgan fingerprint density at radius 1 is 1.11 bits per heavy atom. The lowest BCUT2D eigenvalue weighted by atomic mass is 9.81. The molecule has 3 rings (SSSR count). The molecule has 0 aliphatic heterocycles. The zero-order valence-corrected chi connectivity index (χ0v) is 12.0. The first kappa shape index (κ1) is 12.3. The molecular weight excluding hydrogens is 230 g/mol. The van der Waals surface area contributed by atoms with Crippen LogP contribution in [0.2, 0.25) is 0 Å². The Balaban J connectivity index is 2.17. The van der Waals surface area contributed by atoms with Crippen molar-refractivity contribution in [1.29, 1.82) is 0 Å². The molecule has 1 aliphatic rings. The van der Waals surface area contributed by atoms with Gasteiger partial charge in [0, 0.05) is 18.4 Å². The van der Waals surface area contributed by atoms with Crippen molar-refractivity contribution in [3.63, 3.8) is 0 Å². The van der Waals surface area contributed by atoms with Gasteiger partial charge in [0.15, 0.2) is 0 Å². The highest BCUT2D eigenvalue weighted by atomic mass is 15.0. The van der Waals surface area contributed by atoms with Gasteiger partial charge in [0.2, 0.25) is 0 Å². The van der Waals surface area contributed by atoms with E-state index in [-0.39, 0.29) is 5.41 Å². The third-order valence-electron chi connectivity index (χ3n) is 4.24. The Hall–Kier alpha value is -1.76. The van der Waals surface area contributed by atoms with Crippen LogP contribution in [0.4, 0.5) is 0 Å². The van der Waals surface area contributed by atoms with Gasteiger partial charge in [-0.3, -0.25) is 0 Å². The van der Waals surface area contributed by atoms with E-state index in [1.807, 2.05) is 0 Å². The third-order valence-corrected chi connectivity index (χ3v) is 4.24. The molecular formula is C18H21N. The molecule has 1 aromatic heterocycles. The molecule has 0 spiro atoms. The van der Waals surface area contributed by atoms with E-state index in [9.17, 15) is 0 Å². The van der Waals surface area contributed by atoms with Crippen LogP contribution in [0.1, 0.15) is 44.0 Å². The van der Waals surface area contributed by atoms with Crippen molar-refractivity contribution in [3.05, 3.63) is 65.5 Å². The highest BCUT2D eigenvalue weighted by Crippen LogP contribution is 2.44. The van der Waals surface area contributed by atoms with E-state index >= 15 is 0 Å². The first-order valence-electron chi connectivity index (χ1n) is 7.12. The monoisotopic (exact) mass is 251 g/mol. The molecule has 0 saturated heterocycles. The van der Waals surface area contributed by atoms with Crippen molar-refractivity contribution in [2.45, 2.75) is 39.2 Å². The summed E-state index contributed by atoms with van der Waals surface area (Å²) >= 11 is 0. The summed E-state index contributed by atoms with van der Waals surface area (Å²) in [4.78, 5) is 0. The molecule has 19 heavy (non-hydrogen) atoms. The highest BCUT2D eigenvalue weighted by Gasteiger charge is 2.35. The largest absolute Gasteiger partial charge is 0.350 e. The summed E-state index contributed by atoms with van der Waals surface area (Å²) in [6, 6.07) is 13.2. The van der Waals surface area contributed by atoms with Crippen molar-refractivity contribution in [1.82, 2.24) is 4.57 Å². The molecule has 0 bridgehead atoms. The van der Waals surface area contributed by atoms with Crippen LogP contribution in [-0.2, 0) is 12.0 Å². The van der Waals surface area contributed by atoms with Gasteiger partial charge in [0.05, 0.1) is 5.41 Å². The Morgan fingerprint density at radius 2 is 1.89 bits per heavy atom. The zero-order valence-electron chi connectivity index (χ0n) is 12.0. The average molecular weight is 251 g/mol. The number of aryl methyl sites for hydroxylation is 1. The molecule has 0 saturated carbocycles. The number of hydrogen-bond acceptors (Lipinski definition) is 0. The predicted molar refractivity (Wildman–Crippen MR) is 81.3 cm³/mol. The van der Waals surface area contributed by atoms with Crippen LogP contribution in [0.15, 0.2) is 48.7 Å². The summed E-state index contributed by atoms with van der Waals surface area (Å²) < 4.78 is 2.39. The SMILES string of the molecule is CCCn1cccc1C1(C)C=C(C)c2ccccc21. The Morgan fingerprint density at radius 3 is 2.68 bits per heavy atom. The number of fused-ring (bicyclic) bond motifs is 1. The lowest BCUT2D eigenvalue weighted by Gasteiger charge is -2.26. The van der Waals surface area contributed by atoms with Crippen LogP contribution in [0.3, 0.4) is 0 Å². The molecule has 0 radical (unpaired) electrons. The molecule has 0 amide bonds. The summed E-state index contributed by atoms with van der Waals surface area (Å²) in [6.07, 6.45) is 5.79. The number of hydrogen-bond donors (Lipinski definition) is 0. The van der Waals surface area contributed by atoms with Crippen molar-refractivity contribution < 1.29 is 0 Å². The van der Waals surface area contributed by atoms with Crippen molar-refractivity contribution in [3.8, 4) is 0 Å². The minimum absolute atomic E-state index is 0.0132. The van der Waals surface area contributed by atoms with Crippen LogP contribution >= 0.6 is 0 Å². The fourth-order valence-corrected chi connectivity index (χ4v) is 3.40. The number of nitrogens with zero attached hydrogens (tertiary/aromatic N) is 1. The van der Waals surface area contributed by atoms with Crippen LogP contribution in [-0.4, -0.2) is 4.57 Å². The first-order chi connectivity index (χ1) is 9.16. The second-order valence-electron chi connectivity index (χ2n) is 5.66. The van der Waals surface area contributed by atoms with Crippen molar-refractivity contribution >= 4 is 5.57 Å². The maximum atomic E-state index is 2.42. The molecule has 0 fully saturated rings. The van der Waals surface area contributed by atoms with E-state index in [0.29, 0.717) is 0 Å². The minimum atomic E-state index is 0.0132. The van der Waals surface area contributed by atoms with Gasteiger partial charge >= 0.3 is 0 Å². The molecule has 1 atom stereocenters. The molecule has 1 unspecified atom stereocenters. The fraction of sp³-hybridized carbons (Fsp3) is 0.333. The number of allylic oxidation sites excluding steroid dienone is 2. The summed E-state index contributed by atoms with van der Waals surface area (Å²) in [6.45, 7) is 7.88. The summed E-state index contributed by atoms with van der Waals surface area (Å²) in [5.74, 6) is 0. The van der Waals surface area contributed by atoms with Crippen molar-refractivity contribution in [2.24, 2.45) is 0 Å². The van der Waals surface area contributed by atoms with Gasteiger partial charge in [-0.2, -0.15) is 0 Å². The lowest BCUT2D eigenvalue weighted by molar-refractivity contribution is 0.587. The van der Waals surface area contributed by atoms with Crippen LogP contribution in [0, 0.1) is 0 Å². The normalized spacial score (nSPS) is 21.3. The Bertz CT molecular complexity index is 633. The van der Waals surface area contributed by atoms with E-state index in [2.05, 4.69) is 74.0 Å². The standard InChI is InChI=1S/C18H21N/c1-4-11-19-12-7-10-17(19)18(3)13-14(2)15-8-5-6-9-16(15)18/h5-10,12-13H,4,11H2,1-3H3. The zero-order chi connectivity index (χ0) is 13.5. The Kier molecular flexibility index (Phi) is 2.85. The van der Waals surface area contributed by atoms with E-state index in [0.717, 1.165) is 6.54 Å². The maximum Gasteiger partial charge on any atom is 0.0518 e. The lowest BCUT2D eigenvalue weighted by Crippen LogP contribution is -2.23. The van der Waals surface area contributed by atoms with E-state index in [1.165, 1.54) is 28.8 Å². The van der Waals surface area contributed by atoms with E-state index in [1.54, 1.807) is 0 Å². The molecule has 1 heteroatoms. The minimum Gasteiger partial charge on any atom is -0.350 e. The van der Waals surface area contributed by atoms with Gasteiger partial charge in [-0.15, -0.1) is 0 Å². The molecule has 1 aliphatic carbocycles. The summed E-state index contributed by atoms with van der Waals surface area (Å²) in [5, 5.41) is 0. The Labute approximate surface area is 115 Å². The van der Waals surface area contributed by atoms with E-state index < -0.39 is 0 Å². The average Bonchev–Trinajstić information content (AvgIpc) is 2.96. The number of rotatable bonds is 3. The molecule has 1 heterocycles. The fourth-order valence-electron chi connectivity index (χ4n) is 3.40. The second-order valence-corrected chi connectivity index (χ2v) is 5.66. The molecule has 2 aromatic rings. The maximum absolute atomic E-state index is 2.42. The van der Waals surface area contributed by atoms with Gasteiger partial charge in [-0.25, -0.2) is 0 Å². The predicted octanol–water partition coefficient (Wildman–Crippen LogP) is 4.62. The molecule has 1 aromatic carbocycles. The topological polar surface area (TPSA) is 4.93 Å². The van der Waals surface area contributed by atoms with Crippen LogP contribution in [0.5, 0.6) is 0 Å². The highest BCUT2D eigenvalue weighted by molar-refractivity contribution is 5.77. The first-order valence-corrected chi connectivity index (χ1v) is 7.12. The smallest absolute Gasteiger partial charge is 0.0518 e. The van der Waals surface area contributed by atoms with Crippen LogP contribution < -0.4 is 0 Å². The second kappa shape index (κ2) is 4.41.